The molecule has 0 aromatic carbocycles. The second kappa shape index (κ2) is 5.61. The maximum Gasteiger partial charge on any atom is 0.271 e. The summed E-state index contributed by atoms with van der Waals surface area (Å²) < 4.78 is 0. The number of carbonyl (C=O) groups is 1. The Balaban J connectivity index is 2.63. The summed E-state index contributed by atoms with van der Waals surface area (Å²) in [5.74, 6) is -0.0819. The van der Waals surface area contributed by atoms with Crippen molar-refractivity contribution in [2.24, 2.45) is 0 Å². The standard InChI is InChI=1S/C10H15BrN2OS/c1-3-10(2,4-5-11)13-9(14)8-6-15-7-12-8/h6-7H,3-5H2,1-2H3,(H,13,14). The topological polar surface area (TPSA) is 42.0 Å². The number of amides is 1. The Morgan fingerprint density at radius 2 is 2.47 bits per heavy atom. The van der Waals surface area contributed by atoms with E-state index in [4.69, 9.17) is 0 Å². The van der Waals surface area contributed by atoms with Crippen molar-refractivity contribution in [2.75, 3.05) is 5.33 Å². The largest absolute Gasteiger partial charge is 0.346 e. The van der Waals surface area contributed by atoms with E-state index in [1.165, 1.54) is 11.3 Å². The summed E-state index contributed by atoms with van der Waals surface area (Å²) in [6, 6.07) is 0. The number of hydrogen-bond donors (Lipinski definition) is 1. The molecule has 1 rings (SSSR count). The van der Waals surface area contributed by atoms with Crippen LogP contribution in [0.25, 0.3) is 0 Å². The zero-order valence-electron chi connectivity index (χ0n) is 8.92. The zero-order chi connectivity index (χ0) is 11.3. The van der Waals surface area contributed by atoms with Gasteiger partial charge in [0.25, 0.3) is 5.91 Å². The van der Waals surface area contributed by atoms with E-state index < -0.39 is 0 Å². The molecule has 5 heteroatoms. The first-order valence-corrected chi connectivity index (χ1v) is 6.94. The number of hydrogen-bond acceptors (Lipinski definition) is 3. The fraction of sp³-hybridized carbons (Fsp3) is 0.600. The third-order valence-corrected chi connectivity index (χ3v) is 3.49. The van der Waals surface area contributed by atoms with Crippen molar-refractivity contribution < 1.29 is 4.79 Å². The van der Waals surface area contributed by atoms with Gasteiger partial charge in [0.1, 0.15) is 5.69 Å². The molecular formula is C10H15BrN2OS. The monoisotopic (exact) mass is 290 g/mol. The fourth-order valence-electron chi connectivity index (χ4n) is 1.20. The van der Waals surface area contributed by atoms with E-state index >= 15 is 0 Å². The number of nitrogens with one attached hydrogen (secondary N) is 1. The number of nitrogens with zero attached hydrogens (tertiary/aromatic N) is 1. The van der Waals surface area contributed by atoms with E-state index in [1.807, 2.05) is 0 Å². The summed E-state index contributed by atoms with van der Waals surface area (Å²) in [5.41, 5.74) is 2.03. The number of halogens is 1. The third kappa shape index (κ3) is 3.57. The molecule has 1 aromatic heterocycles. The van der Waals surface area contributed by atoms with Crippen LogP contribution in [-0.4, -0.2) is 21.8 Å². The van der Waals surface area contributed by atoms with Gasteiger partial charge in [0.05, 0.1) is 5.51 Å². The van der Waals surface area contributed by atoms with Crippen LogP contribution in [0.2, 0.25) is 0 Å². The molecule has 0 aliphatic heterocycles. The predicted molar refractivity (Wildman–Crippen MR) is 66.7 cm³/mol. The number of aromatic nitrogens is 1. The van der Waals surface area contributed by atoms with Gasteiger partial charge in [0, 0.05) is 16.2 Å². The number of alkyl halides is 1. The lowest BCUT2D eigenvalue weighted by atomic mass is 9.95. The van der Waals surface area contributed by atoms with Gasteiger partial charge >= 0.3 is 0 Å². The fourth-order valence-corrected chi connectivity index (χ4v) is 2.61. The lowest BCUT2D eigenvalue weighted by Gasteiger charge is -2.28. The quantitative estimate of drug-likeness (QED) is 0.848. The van der Waals surface area contributed by atoms with Crippen LogP contribution >= 0.6 is 27.3 Å². The van der Waals surface area contributed by atoms with Crippen molar-refractivity contribution in [1.29, 1.82) is 0 Å². The molecule has 0 spiro atoms. The van der Waals surface area contributed by atoms with Gasteiger partial charge in [-0.25, -0.2) is 4.98 Å². The highest BCUT2D eigenvalue weighted by Crippen LogP contribution is 2.16. The SMILES string of the molecule is CCC(C)(CCBr)NC(=O)c1cscn1. The molecule has 3 nitrogen and oxygen atoms in total. The van der Waals surface area contributed by atoms with Crippen LogP contribution in [-0.2, 0) is 0 Å². The van der Waals surface area contributed by atoms with Gasteiger partial charge in [0.15, 0.2) is 0 Å². The lowest BCUT2D eigenvalue weighted by molar-refractivity contribution is 0.0897. The average Bonchev–Trinajstić information content (AvgIpc) is 2.71. The molecule has 0 fully saturated rings. The summed E-state index contributed by atoms with van der Waals surface area (Å²) in [5, 5.41) is 5.67. The highest BCUT2D eigenvalue weighted by atomic mass is 79.9. The maximum absolute atomic E-state index is 11.8. The molecule has 1 aromatic rings. The third-order valence-electron chi connectivity index (χ3n) is 2.51. The minimum Gasteiger partial charge on any atom is -0.346 e. The van der Waals surface area contributed by atoms with Crippen LogP contribution in [0.4, 0.5) is 0 Å². The molecule has 1 N–H and O–H groups in total. The van der Waals surface area contributed by atoms with Gasteiger partial charge in [-0.2, -0.15) is 0 Å². The Hall–Kier alpha value is -0.420. The van der Waals surface area contributed by atoms with Gasteiger partial charge < -0.3 is 5.32 Å². The smallest absolute Gasteiger partial charge is 0.271 e. The normalized spacial score (nSPS) is 14.6. The molecule has 0 saturated carbocycles. The first kappa shape index (κ1) is 12.6. The molecule has 84 valence electrons. The molecule has 1 unspecified atom stereocenters. The average molecular weight is 291 g/mol. The molecule has 15 heavy (non-hydrogen) atoms. The molecule has 0 bridgehead atoms. The van der Waals surface area contributed by atoms with Crippen molar-refractivity contribution in [3.63, 3.8) is 0 Å². The van der Waals surface area contributed by atoms with Crippen LogP contribution in [0.5, 0.6) is 0 Å². The van der Waals surface area contributed by atoms with Crippen LogP contribution in [0, 0.1) is 0 Å². The Kier molecular flexibility index (Phi) is 4.73. The minimum atomic E-state index is -0.149. The Bertz CT molecular complexity index is 315. The van der Waals surface area contributed by atoms with Gasteiger partial charge in [-0.1, -0.05) is 22.9 Å². The van der Waals surface area contributed by atoms with Gasteiger partial charge in [-0.05, 0) is 19.8 Å². The van der Waals surface area contributed by atoms with Crippen molar-refractivity contribution in [3.8, 4) is 0 Å². The van der Waals surface area contributed by atoms with Crippen molar-refractivity contribution >= 4 is 33.2 Å². The van der Waals surface area contributed by atoms with E-state index in [9.17, 15) is 4.79 Å². The minimum absolute atomic E-state index is 0.0819. The van der Waals surface area contributed by atoms with Gasteiger partial charge in [-0.3, -0.25) is 4.79 Å². The molecule has 1 heterocycles. The number of thiazole rings is 1. The summed E-state index contributed by atoms with van der Waals surface area (Å²) in [6.45, 7) is 4.13. The first-order valence-electron chi connectivity index (χ1n) is 4.88. The van der Waals surface area contributed by atoms with E-state index in [0.29, 0.717) is 5.69 Å². The Morgan fingerprint density at radius 3 is 2.93 bits per heavy atom. The first-order chi connectivity index (χ1) is 7.11. The lowest BCUT2D eigenvalue weighted by Crippen LogP contribution is -2.45. The second-order valence-corrected chi connectivity index (χ2v) is 5.19. The number of carbonyl (C=O) groups excluding carboxylic acids is 1. The summed E-state index contributed by atoms with van der Waals surface area (Å²) in [6.07, 6.45) is 1.83. The highest BCUT2D eigenvalue weighted by molar-refractivity contribution is 9.09. The predicted octanol–water partition coefficient (Wildman–Crippen LogP) is 2.83. The van der Waals surface area contributed by atoms with E-state index in [0.717, 1.165) is 18.2 Å². The molecule has 0 saturated heterocycles. The van der Waals surface area contributed by atoms with Gasteiger partial charge in [-0.15, -0.1) is 11.3 Å². The van der Waals surface area contributed by atoms with Crippen LogP contribution in [0.1, 0.15) is 37.2 Å². The molecule has 0 radical (unpaired) electrons. The van der Waals surface area contributed by atoms with Gasteiger partial charge in [0.2, 0.25) is 0 Å². The van der Waals surface area contributed by atoms with Crippen molar-refractivity contribution in [3.05, 3.63) is 16.6 Å². The maximum atomic E-state index is 11.8. The Labute approximate surface area is 102 Å². The van der Waals surface area contributed by atoms with Crippen LogP contribution in [0.15, 0.2) is 10.9 Å². The van der Waals surface area contributed by atoms with Crippen molar-refractivity contribution in [1.82, 2.24) is 10.3 Å². The second-order valence-electron chi connectivity index (χ2n) is 3.68. The van der Waals surface area contributed by atoms with E-state index in [1.54, 1.807) is 10.9 Å². The summed E-state index contributed by atoms with van der Waals surface area (Å²) >= 11 is 4.83. The zero-order valence-corrected chi connectivity index (χ0v) is 11.3. The molecule has 0 aliphatic carbocycles. The van der Waals surface area contributed by atoms with Crippen molar-refractivity contribution in [2.45, 2.75) is 32.2 Å². The van der Waals surface area contributed by atoms with Crippen LogP contribution in [0.3, 0.4) is 0 Å². The molecule has 0 aliphatic rings. The highest BCUT2D eigenvalue weighted by Gasteiger charge is 2.24. The Morgan fingerprint density at radius 1 is 1.73 bits per heavy atom. The summed E-state index contributed by atoms with van der Waals surface area (Å²) in [7, 11) is 0. The van der Waals surface area contributed by atoms with E-state index in [2.05, 4.69) is 40.1 Å². The molecule has 1 atom stereocenters. The molecule has 1 amide bonds. The molecular weight excluding hydrogens is 276 g/mol. The summed E-state index contributed by atoms with van der Waals surface area (Å²) in [4.78, 5) is 15.8. The van der Waals surface area contributed by atoms with E-state index in [-0.39, 0.29) is 11.4 Å². The van der Waals surface area contributed by atoms with Crippen LogP contribution < -0.4 is 5.32 Å². The number of rotatable bonds is 5.